The van der Waals surface area contributed by atoms with Crippen LogP contribution < -0.4 is 10.6 Å². The molecule has 2 rings (SSSR count). The molecule has 1 heterocycles. The highest BCUT2D eigenvalue weighted by Gasteiger charge is 2.19. The van der Waals surface area contributed by atoms with Crippen LogP contribution >= 0.6 is 24.0 Å². The number of aliphatic hydroxyl groups excluding tert-OH is 1. The van der Waals surface area contributed by atoms with Crippen LogP contribution in [0.15, 0.2) is 27.8 Å². The number of guanidine groups is 1. The van der Waals surface area contributed by atoms with Gasteiger partial charge in [0, 0.05) is 25.6 Å². The third kappa shape index (κ3) is 7.00. The maximum absolute atomic E-state index is 9.57. The number of halogens is 1. The van der Waals surface area contributed by atoms with Crippen LogP contribution in [0.3, 0.4) is 0 Å². The molecule has 0 bridgehead atoms. The fourth-order valence-corrected chi connectivity index (χ4v) is 2.55. The molecule has 1 aliphatic carbocycles. The summed E-state index contributed by atoms with van der Waals surface area (Å²) in [6, 6.07) is 4.31. The Kier molecular flexibility index (Phi) is 9.54. The third-order valence-electron chi connectivity index (χ3n) is 3.78. The summed E-state index contributed by atoms with van der Waals surface area (Å²) in [5.74, 6) is 1.86. The van der Waals surface area contributed by atoms with Crippen LogP contribution in [0, 0.1) is 0 Å². The lowest BCUT2D eigenvalue weighted by atomic mass is 9.93. The molecule has 0 spiro atoms. The molecule has 0 unspecified atom stereocenters. The van der Waals surface area contributed by atoms with Crippen LogP contribution in [-0.2, 0) is 6.42 Å². The first-order valence-electron chi connectivity index (χ1n) is 8.03. The molecule has 5 nitrogen and oxygen atoms in total. The molecule has 126 valence electrons. The van der Waals surface area contributed by atoms with Gasteiger partial charge in [-0.15, -0.1) is 24.0 Å². The van der Waals surface area contributed by atoms with E-state index in [1.54, 1.807) is 6.26 Å². The maximum atomic E-state index is 9.57. The molecule has 1 aromatic heterocycles. The summed E-state index contributed by atoms with van der Waals surface area (Å²) in [7, 11) is 0. The Bertz CT molecular complexity index is 415. The zero-order valence-corrected chi connectivity index (χ0v) is 15.6. The van der Waals surface area contributed by atoms with Gasteiger partial charge in [-0.1, -0.05) is 6.92 Å². The van der Waals surface area contributed by atoms with Crippen LogP contribution in [0.2, 0.25) is 0 Å². The number of hydrogen-bond acceptors (Lipinski definition) is 3. The van der Waals surface area contributed by atoms with Crippen LogP contribution in [0.1, 0.15) is 44.8 Å². The van der Waals surface area contributed by atoms with Gasteiger partial charge in [0.15, 0.2) is 5.96 Å². The lowest BCUT2D eigenvalue weighted by Crippen LogP contribution is -2.46. The van der Waals surface area contributed by atoms with Gasteiger partial charge in [0.25, 0.3) is 0 Å². The Labute approximate surface area is 150 Å². The number of rotatable bonds is 6. The Morgan fingerprint density at radius 1 is 1.36 bits per heavy atom. The van der Waals surface area contributed by atoms with Crippen molar-refractivity contribution < 1.29 is 9.52 Å². The summed E-state index contributed by atoms with van der Waals surface area (Å²) in [5.41, 5.74) is 0. The van der Waals surface area contributed by atoms with Crippen molar-refractivity contribution in [1.29, 1.82) is 0 Å². The highest BCUT2D eigenvalue weighted by Crippen LogP contribution is 2.18. The van der Waals surface area contributed by atoms with Crippen molar-refractivity contribution in [2.45, 2.75) is 57.6 Å². The van der Waals surface area contributed by atoms with E-state index in [9.17, 15) is 5.11 Å². The number of nitrogens with zero attached hydrogens (tertiary/aromatic N) is 1. The zero-order chi connectivity index (χ0) is 14.9. The number of furan rings is 1. The highest BCUT2D eigenvalue weighted by molar-refractivity contribution is 14.0. The molecule has 3 N–H and O–H groups in total. The van der Waals surface area contributed by atoms with Crippen molar-refractivity contribution in [2.75, 3.05) is 13.1 Å². The van der Waals surface area contributed by atoms with E-state index >= 15 is 0 Å². The second kappa shape index (κ2) is 10.9. The smallest absolute Gasteiger partial charge is 0.191 e. The Hall–Kier alpha value is -0.760. The van der Waals surface area contributed by atoms with Crippen LogP contribution in [0.25, 0.3) is 0 Å². The predicted octanol–water partition coefficient (Wildman–Crippen LogP) is 2.69. The van der Waals surface area contributed by atoms with Gasteiger partial charge in [0.05, 0.1) is 12.4 Å². The standard InChI is InChI=1S/C16H27N3O2.HI/c1-2-10-17-16(18-11-9-15-4-3-12-21-15)19-13-5-7-14(20)8-6-13;/h3-4,12-14,20H,2,5-11H2,1H3,(H2,17,18,19);1H. The minimum absolute atomic E-state index is 0. The molecule has 1 aliphatic rings. The first kappa shape index (κ1) is 19.3. The topological polar surface area (TPSA) is 69.8 Å². The van der Waals surface area contributed by atoms with E-state index in [1.807, 2.05) is 12.1 Å². The van der Waals surface area contributed by atoms with E-state index in [0.29, 0.717) is 6.04 Å². The molecular formula is C16H28IN3O2. The molecule has 0 atom stereocenters. The molecule has 1 aromatic rings. The number of hydrogen-bond donors (Lipinski definition) is 3. The molecule has 0 aromatic carbocycles. The summed E-state index contributed by atoms with van der Waals surface area (Å²) in [6.45, 7) is 3.75. The molecular weight excluding hydrogens is 393 g/mol. The number of aliphatic imine (C=N–C) groups is 1. The SMILES string of the molecule is CCCN=C(NCCc1ccco1)NC1CCC(O)CC1.I. The molecule has 0 radical (unpaired) electrons. The molecule has 0 amide bonds. The van der Waals surface area contributed by atoms with Crippen LogP contribution in [0.5, 0.6) is 0 Å². The van der Waals surface area contributed by atoms with Crippen molar-refractivity contribution in [2.24, 2.45) is 4.99 Å². The van der Waals surface area contributed by atoms with Crippen molar-refractivity contribution in [3.05, 3.63) is 24.2 Å². The van der Waals surface area contributed by atoms with Gasteiger partial charge in [-0.3, -0.25) is 4.99 Å². The van der Waals surface area contributed by atoms with Crippen molar-refractivity contribution in [1.82, 2.24) is 10.6 Å². The summed E-state index contributed by atoms with van der Waals surface area (Å²) in [5, 5.41) is 16.4. The summed E-state index contributed by atoms with van der Waals surface area (Å²) in [4.78, 5) is 4.58. The lowest BCUT2D eigenvalue weighted by molar-refractivity contribution is 0.120. The van der Waals surface area contributed by atoms with E-state index in [1.165, 1.54) is 0 Å². The van der Waals surface area contributed by atoms with Crippen LogP contribution in [0.4, 0.5) is 0 Å². The van der Waals surface area contributed by atoms with Crippen molar-refractivity contribution in [3.8, 4) is 0 Å². The van der Waals surface area contributed by atoms with Crippen molar-refractivity contribution in [3.63, 3.8) is 0 Å². The van der Waals surface area contributed by atoms with Gasteiger partial charge in [0.1, 0.15) is 5.76 Å². The van der Waals surface area contributed by atoms with E-state index in [0.717, 1.165) is 63.3 Å². The predicted molar refractivity (Wildman–Crippen MR) is 99.8 cm³/mol. The fraction of sp³-hybridized carbons (Fsp3) is 0.688. The third-order valence-corrected chi connectivity index (χ3v) is 3.78. The van der Waals surface area contributed by atoms with E-state index in [-0.39, 0.29) is 30.1 Å². The van der Waals surface area contributed by atoms with Gasteiger partial charge >= 0.3 is 0 Å². The zero-order valence-electron chi connectivity index (χ0n) is 13.3. The Balaban J connectivity index is 0.00000242. The quantitative estimate of drug-likeness (QED) is 0.375. The highest BCUT2D eigenvalue weighted by atomic mass is 127. The summed E-state index contributed by atoms with van der Waals surface area (Å²) >= 11 is 0. The maximum Gasteiger partial charge on any atom is 0.191 e. The normalized spacial score (nSPS) is 22.0. The van der Waals surface area contributed by atoms with Gasteiger partial charge in [0.2, 0.25) is 0 Å². The monoisotopic (exact) mass is 421 g/mol. The number of aliphatic hydroxyl groups is 1. The first-order valence-corrected chi connectivity index (χ1v) is 8.03. The molecule has 1 fully saturated rings. The minimum Gasteiger partial charge on any atom is -0.469 e. The van der Waals surface area contributed by atoms with E-state index in [4.69, 9.17) is 4.42 Å². The molecule has 1 saturated carbocycles. The Morgan fingerprint density at radius 3 is 2.77 bits per heavy atom. The van der Waals surface area contributed by atoms with E-state index in [2.05, 4.69) is 22.5 Å². The van der Waals surface area contributed by atoms with Crippen LogP contribution in [-0.4, -0.2) is 36.3 Å². The average molecular weight is 421 g/mol. The van der Waals surface area contributed by atoms with E-state index < -0.39 is 0 Å². The first-order chi connectivity index (χ1) is 10.3. The molecule has 22 heavy (non-hydrogen) atoms. The molecule has 0 saturated heterocycles. The van der Waals surface area contributed by atoms with Gasteiger partial charge in [-0.25, -0.2) is 0 Å². The Morgan fingerprint density at radius 2 is 2.14 bits per heavy atom. The van der Waals surface area contributed by atoms with Gasteiger partial charge in [-0.2, -0.15) is 0 Å². The lowest BCUT2D eigenvalue weighted by Gasteiger charge is -2.27. The molecule has 0 aliphatic heterocycles. The summed E-state index contributed by atoms with van der Waals surface area (Å²) in [6.07, 6.45) is 7.24. The second-order valence-corrected chi connectivity index (χ2v) is 5.64. The van der Waals surface area contributed by atoms with Crippen molar-refractivity contribution >= 4 is 29.9 Å². The number of nitrogens with one attached hydrogen (secondary N) is 2. The molecule has 6 heteroatoms. The largest absolute Gasteiger partial charge is 0.469 e. The average Bonchev–Trinajstić information content (AvgIpc) is 3.00. The fourth-order valence-electron chi connectivity index (χ4n) is 2.55. The van der Waals surface area contributed by atoms with Gasteiger partial charge < -0.3 is 20.2 Å². The summed E-state index contributed by atoms with van der Waals surface area (Å²) < 4.78 is 5.33. The van der Waals surface area contributed by atoms with Gasteiger partial charge in [-0.05, 0) is 44.2 Å². The minimum atomic E-state index is -0.119. The second-order valence-electron chi connectivity index (χ2n) is 5.64.